The summed E-state index contributed by atoms with van der Waals surface area (Å²) in [7, 11) is 0. The summed E-state index contributed by atoms with van der Waals surface area (Å²) in [4.78, 5) is 10.8. The second-order valence-electron chi connectivity index (χ2n) is 10.5. The zero-order chi connectivity index (χ0) is 28.8. The summed E-state index contributed by atoms with van der Waals surface area (Å²) in [5, 5.41) is 28.7. The molecule has 0 saturated carbocycles. The smallest absolute Gasteiger partial charge is 0.306 e. The summed E-state index contributed by atoms with van der Waals surface area (Å²) in [5.41, 5.74) is 0. The molecule has 0 spiro atoms. The highest BCUT2D eigenvalue weighted by Gasteiger charge is 2.09. The Morgan fingerprint density at radius 2 is 1.08 bits per heavy atom. The second-order valence-corrected chi connectivity index (χ2v) is 10.5. The van der Waals surface area contributed by atoms with Crippen LogP contribution in [0.25, 0.3) is 0 Å². The Balaban J connectivity index is 3.55. The maximum Gasteiger partial charge on any atom is 0.306 e. The van der Waals surface area contributed by atoms with E-state index in [0.717, 1.165) is 32.1 Å². The monoisotopic (exact) mass is 542 g/mol. The maximum absolute atomic E-state index is 10.8. The van der Waals surface area contributed by atoms with Crippen LogP contribution in [0.5, 0.6) is 0 Å². The standard InChI is InChI=1S/C35H58O4/c1-3-4-22-28-33(36)30-25-20-21-26-31-34(37)29-24-19-17-15-13-11-9-7-5-6-8-10-12-14-16-18-23-27-32(2)35(38)39/h4,13,15,19-22,24-26,30-34,36-37H,3,5-12,14,16-18,23,27-29H2,1-2H3,(H,38,39)/b15-13-,21-20+,22-4-,24-19-,30-25-,31-26+/t32?,33-,34+/m0/s1. The van der Waals surface area contributed by atoms with Crippen molar-refractivity contribution in [3.05, 3.63) is 72.9 Å². The van der Waals surface area contributed by atoms with Crippen molar-refractivity contribution < 1.29 is 20.1 Å². The van der Waals surface area contributed by atoms with E-state index < -0.39 is 18.2 Å². The van der Waals surface area contributed by atoms with Crippen LogP contribution in [0, 0.1) is 5.92 Å². The highest BCUT2D eigenvalue weighted by molar-refractivity contribution is 5.69. The number of unbranched alkanes of at least 4 members (excludes halogenated alkanes) is 11. The van der Waals surface area contributed by atoms with Crippen molar-refractivity contribution in [3.8, 4) is 0 Å². The predicted octanol–water partition coefficient (Wildman–Crippen LogP) is 9.42. The fraction of sp³-hybridized carbons (Fsp3) is 0.629. The van der Waals surface area contributed by atoms with Crippen LogP contribution < -0.4 is 0 Å². The molecule has 0 heterocycles. The summed E-state index contributed by atoms with van der Waals surface area (Å²) in [6.45, 7) is 3.87. The summed E-state index contributed by atoms with van der Waals surface area (Å²) in [6, 6.07) is 0. The molecule has 4 heteroatoms. The van der Waals surface area contributed by atoms with Crippen molar-refractivity contribution in [2.24, 2.45) is 5.92 Å². The van der Waals surface area contributed by atoms with Gasteiger partial charge in [0.05, 0.1) is 18.1 Å². The van der Waals surface area contributed by atoms with Gasteiger partial charge in [0.15, 0.2) is 0 Å². The van der Waals surface area contributed by atoms with E-state index in [-0.39, 0.29) is 5.92 Å². The first kappa shape index (κ1) is 36.8. The van der Waals surface area contributed by atoms with Crippen molar-refractivity contribution in [3.63, 3.8) is 0 Å². The molecule has 0 saturated heterocycles. The molecule has 0 aliphatic carbocycles. The van der Waals surface area contributed by atoms with E-state index in [1.165, 1.54) is 64.2 Å². The Kier molecular flexibility index (Phi) is 27.2. The van der Waals surface area contributed by atoms with E-state index in [2.05, 4.69) is 31.2 Å². The molecule has 3 N–H and O–H groups in total. The molecule has 0 amide bonds. The van der Waals surface area contributed by atoms with Crippen molar-refractivity contribution in [2.45, 2.75) is 135 Å². The quantitative estimate of drug-likeness (QED) is 0.0578. The zero-order valence-corrected chi connectivity index (χ0v) is 24.9. The molecular formula is C35H58O4. The summed E-state index contributed by atoms with van der Waals surface area (Å²) < 4.78 is 0. The molecule has 1 unspecified atom stereocenters. The van der Waals surface area contributed by atoms with Gasteiger partial charge in [0.2, 0.25) is 0 Å². The first-order valence-corrected chi connectivity index (χ1v) is 15.5. The number of carbonyl (C=O) groups is 1. The molecule has 39 heavy (non-hydrogen) atoms. The molecule has 0 aromatic heterocycles. The van der Waals surface area contributed by atoms with Crippen LogP contribution in [0.3, 0.4) is 0 Å². The van der Waals surface area contributed by atoms with Crippen LogP contribution >= 0.6 is 0 Å². The lowest BCUT2D eigenvalue weighted by Gasteiger charge is -2.05. The average molecular weight is 543 g/mol. The minimum atomic E-state index is -0.668. The van der Waals surface area contributed by atoms with Gasteiger partial charge in [-0.05, 0) is 44.9 Å². The van der Waals surface area contributed by atoms with Gasteiger partial charge in [-0.1, -0.05) is 151 Å². The van der Waals surface area contributed by atoms with Crippen molar-refractivity contribution in [1.29, 1.82) is 0 Å². The number of hydrogen-bond acceptors (Lipinski definition) is 3. The molecule has 0 bridgehead atoms. The Morgan fingerprint density at radius 1 is 0.615 bits per heavy atom. The van der Waals surface area contributed by atoms with Crippen LogP contribution in [0.2, 0.25) is 0 Å². The van der Waals surface area contributed by atoms with Crippen LogP contribution in [0.1, 0.15) is 123 Å². The number of hydrogen-bond donors (Lipinski definition) is 3. The summed E-state index contributed by atoms with van der Waals surface area (Å²) in [6.07, 6.45) is 41.7. The number of carboxylic acids is 1. The van der Waals surface area contributed by atoms with Crippen molar-refractivity contribution in [2.75, 3.05) is 0 Å². The number of aliphatic hydroxyl groups excluding tert-OH is 2. The SMILES string of the molecule is CC/C=C\C[C@H](O)\C=C/C=C/C=C/[C@H](O)C/C=C\C/C=C\CCCCCCCCCCCCCC(C)C(=O)O. The molecule has 0 aliphatic rings. The second kappa shape index (κ2) is 28.8. The van der Waals surface area contributed by atoms with Gasteiger partial charge in [-0.3, -0.25) is 4.79 Å². The third-order valence-electron chi connectivity index (χ3n) is 6.69. The third kappa shape index (κ3) is 28.7. The number of allylic oxidation sites excluding steroid dienone is 8. The van der Waals surface area contributed by atoms with Crippen LogP contribution in [0.4, 0.5) is 0 Å². The van der Waals surface area contributed by atoms with Crippen LogP contribution in [-0.2, 0) is 4.79 Å². The lowest BCUT2D eigenvalue weighted by molar-refractivity contribution is -0.141. The molecule has 0 radical (unpaired) electrons. The molecule has 222 valence electrons. The number of rotatable bonds is 26. The summed E-state index contributed by atoms with van der Waals surface area (Å²) in [5.74, 6) is -0.863. The maximum atomic E-state index is 10.8. The van der Waals surface area contributed by atoms with Gasteiger partial charge in [0.25, 0.3) is 0 Å². The fourth-order valence-corrected chi connectivity index (χ4v) is 4.12. The van der Waals surface area contributed by atoms with E-state index in [1.54, 1.807) is 19.1 Å². The molecule has 4 nitrogen and oxygen atoms in total. The number of aliphatic hydroxyl groups is 2. The van der Waals surface area contributed by atoms with Gasteiger partial charge in [-0.15, -0.1) is 0 Å². The Labute approximate surface area is 240 Å². The van der Waals surface area contributed by atoms with Gasteiger partial charge in [-0.25, -0.2) is 0 Å². The van der Waals surface area contributed by atoms with Crippen LogP contribution in [0.15, 0.2) is 72.9 Å². The van der Waals surface area contributed by atoms with E-state index in [1.807, 2.05) is 36.5 Å². The Morgan fingerprint density at radius 3 is 1.59 bits per heavy atom. The predicted molar refractivity (Wildman–Crippen MR) is 168 cm³/mol. The topological polar surface area (TPSA) is 77.8 Å². The minimum absolute atomic E-state index is 0.196. The molecule has 3 atom stereocenters. The van der Waals surface area contributed by atoms with Gasteiger partial charge in [0, 0.05) is 0 Å². The number of carboxylic acid groups (broad SMARTS) is 1. The largest absolute Gasteiger partial charge is 0.481 e. The molecule has 0 aliphatic heterocycles. The Hall–Kier alpha value is -2.17. The van der Waals surface area contributed by atoms with E-state index in [9.17, 15) is 15.0 Å². The first-order valence-electron chi connectivity index (χ1n) is 15.5. The minimum Gasteiger partial charge on any atom is -0.481 e. The van der Waals surface area contributed by atoms with Gasteiger partial charge in [0.1, 0.15) is 0 Å². The van der Waals surface area contributed by atoms with Crippen molar-refractivity contribution >= 4 is 5.97 Å². The normalized spacial score (nSPS) is 15.2. The molecular weight excluding hydrogens is 484 g/mol. The molecule has 0 aromatic rings. The van der Waals surface area contributed by atoms with Gasteiger partial charge >= 0.3 is 5.97 Å². The highest BCUT2D eigenvalue weighted by atomic mass is 16.4. The van der Waals surface area contributed by atoms with E-state index in [4.69, 9.17) is 5.11 Å². The average Bonchev–Trinajstić information content (AvgIpc) is 2.91. The summed E-state index contributed by atoms with van der Waals surface area (Å²) >= 11 is 0. The van der Waals surface area contributed by atoms with Gasteiger partial charge in [-0.2, -0.15) is 0 Å². The zero-order valence-electron chi connectivity index (χ0n) is 24.9. The number of aliphatic carboxylic acids is 1. The van der Waals surface area contributed by atoms with E-state index >= 15 is 0 Å². The first-order chi connectivity index (χ1) is 19.0. The Bertz CT molecular complexity index is 729. The molecule has 0 rings (SSSR count). The van der Waals surface area contributed by atoms with E-state index in [0.29, 0.717) is 12.8 Å². The lowest BCUT2D eigenvalue weighted by atomic mass is 10.0. The third-order valence-corrected chi connectivity index (χ3v) is 6.69. The molecule has 0 fully saturated rings. The molecule has 0 aromatic carbocycles. The van der Waals surface area contributed by atoms with Crippen LogP contribution in [-0.4, -0.2) is 33.5 Å². The van der Waals surface area contributed by atoms with Crippen molar-refractivity contribution in [1.82, 2.24) is 0 Å². The fourth-order valence-electron chi connectivity index (χ4n) is 4.12. The van der Waals surface area contributed by atoms with Gasteiger partial charge < -0.3 is 15.3 Å². The highest BCUT2D eigenvalue weighted by Crippen LogP contribution is 2.14. The lowest BCUT2D eigenvalue weighted by Crippen LogP contribution is -2.08.